The molecule has 1 fully saturated rings. The van der Waals surface area contributed by atoms with Crippen LogP contribution in [0.1, 0.15) is 6.42 Å². The minimum Gasteiger partial charge on any atom is -0.481 e. The molecular formula is C10H16N2O4. The molecule has 2 atom stereocenters. The first-order chi connectivity index (χ1) is 7.65. The number of hydrogen-bond donors (Lipinski definition) is 3. The molecule has 16 heavy (non-hydrogen) atoms. The molecule has 0 radical (unpaired) electrons. The van der Waals surface area contributed by atoms with Gasteiger partial charge in [0.15, 0.2) is 0 Å². The summed E-state index contributed by atoms with van der Waals surface area (Å²) in [5.41, 5.74) is 0. The standard InChI is InChI=1S/C10H16N2O4/c1-2-5-16-10(15)12-8-6-11-4-3-7(8)9(13)14/h2,7-8,11H,1,3-6H2,(H,12,15)(H,13,14). The summed E-state index contributed by atoms with van der Waals surface area (Å²) >= 11 is 0. The number of nitrogens with one attached hydrogen (secondary N) is 2. The van der Waals surface area contributed by atoms with Crippen molar-refractivity contribution in [3.63, 3.8) is 0 Å². The number of aliphatic carboxylic acids is 1. The second-order valence-corrected chi connectivity index (χ2v) is 3.58. The van der Waals surface area contributed by atoms with E-state index in [1.807, 2.05) is 0 Å². The van der Waals surface area contributed by atoms with Crippen LogP contribution in [-0.4, -0.2) is 42.9 Å². The van der Waals surface area contributed by atoms with Gasteiger partial charge in [-0.25, -0.2) is 4.79 Å². The number of alkyl carbamates (subject to hydrolysis) is 1. The normalized spacial score (nSPS) is 24.5. The number of carboxylic acids is 1. The van der Waals surface area contributed by atoms with Crippen LogP contribution in [0.2, 0.25) is 0 Å². The predicted molar refractivity (Wildman–Crippen MR) is 57.1 cm³/mol. The van der Waals surface area contributed by atoms with Crippen LogP contribution >= 0.6 is 0 Å². The number of carbonyl (C=O) groups is 2. The van der Waals surface area contributed by atoms with Gasteiger partial charge in [0.05, 0.1) is 12.0 Å². The number of ether oxygens (including phenoxy) is 1. The van der Waals surface area contributed by atoms with Crippen molar-refractivity contribution >= 4 is 12.1 Å². The Morgan fingerprint density at radius 2 is 2.38 bits per heavy atom. The Bertz CT molecular complexity index is 280. The monoisotopic (exact) mass is 228 g/mol. The summed E-state index contributed by atoms with van der Waals surface area (Å²) in [4.78, 5) is 22.2. The third kappa shape index (κ3) is 3.54. The molecule has 1 heterocycles. The van der Waals surface area contributed by atoms with Gasteiger partial charge in [0, 0.05) is 6.54 Å². The highest BCUT2D eigenvalue weighted by atomic mass is 16.5. The molecule has 1 rings (SSSR count). The Labute approximate surface area is 93.7 Å². The van der Waals surface area contributed by atoms with E-state index < -0.39 is 24.0 Å². The highest BCUT2D eigenvalue weighted by Crippen LogP contribution is 2.12. The summed E-state index contributed by atoms with van der Waals surface area (Å²) in [5.74, 6) is -1.45. The summed E-state index contributed by atoms with van der Waals surface area (Å²) in [5, 5.41) is 14.5. The van der Waals surface area contributed by atoms with Crippen molar-refractivity contribution in [2.45, 2.75) is 12.5 Å². The molecule has 0 aromatic rings. The Hall–Kier alpha value is -1.56. The van der Waals surface area contributed by atoms with Gasteiger partial charge in [-0.15, -0.1) is 0 Å². The highest BCUT2D eigenvalue weighted by molar-refractivity contribution is 5.73. The van der Waals surface area contributed by atoms with Gasteiger partial charge in [0.1, 0.15) is 6.61 Å². The minimum absolute atomic E-state index is 0.115. The molecule has 0 aromatic heterocycles. The zero-order valence-electron chi connectivity index (χ0n) is 8.94. The molecule has 3 N–H and O–H groups in total. The second kappa shape index (κ2) is 6.12. The summed E-state index contributed by atoms with van der Waals surface area (Å²) in [7, 11) is 0. The summed E-state index contributed by atoms with van der Waals surface area (Å²) < 4.78 is 4.73. The first-order valence-corrected chi connectivity index (χ1v) is 5.13. The highest BCUT2D eigenvalue weighted by Gasteiger charge is 2.31. The van der Waals surface area contributed by atoms with Crippen LogP contribution in [0.3, 0.4) is 0 Å². The Kier molecular flexibility index (Phi) is 4.78. The quantitative estimate of drug-likeness (QED) is 0.588. The van der Waals surface area contributed by atoms with Crippen LogP contribution in [0.25, 0.3) is 0 Å². The van der Waals surface area contributed by atoms with Gasteiger partial charge in [0.25, 0.3) is 0 Å². The maximum absolute atomic E-state index is 11.2. The third-order valence-corrected chi connectivity index (χ3v) is 2.43. The molecule has 0 bridgehead atoms. The molecule has 1 aliphatic rings. The first kappa shape index (κ1) is 12.5. The van der Waals surface area contributed by atoms with Crippen LogP contribution < -0.4 is 10.6 Å². The van der Waals surface area contributed by atoms with Gasteiger partial charge in [-0.3, -0.25) is 4.79 Å². The van der Waals surface area contributed by atoms with E-state index in [1.54, 1.807) is 0 Å². The molecule has 0 saturated carbocycles. The molecule has 0 spiro atoms. The second-order valence-electron chi connectivity index (χ2n) is 3.58. The zero-order valence-corrected chi connectivity index (χ0v) is 8.94. The topological polar surface area (TPSA) is 87.7 Å². The predicted octanol–water partition coefficient (Wildman–Crippen LogP) is -0.0387. The molecule has 90 valence electrons. The van der Waals surface area contributed by atoms with Crippen LogP contribution in [0, 0.1) is 5.92 Å². The molecular weight excluding hydrogens is 212 g/mol. The van der Waals surface area contributed by atoms with Crippen LogP contribution in [-0.2, 0) is 9.53 Å². The molecule has 0 aromatic carbocycles. The third-order valence-electron chi connectivity index (χ3n) is 2.43. The van der Waals surface area contributed by atoms with E-state index in [9.17, 15) is 9.59 Å². The van der Waals surface area contributed by atoms with Crippen molar-refractivity contribution in [2.75, 3.05) is 19.7 Å². The number of carbonyl (C=O) groups excluding carboxylic acids is 1. The molecule has 1 amide bonds. The van der Waals surface area contributed by atoms with Crippen LogP contribution in [0.15, 0.2) is 12.7 Å². The smallest absolute Gasteiger partial charge is 0.407 e. The van der Waals surface area contributed by atoms with Gasteiger partial charge >= 0.3 is 12.1 Å². The van der Waals surface area contributed by atoms with Gasteiger partial charge in [-0.05, 0) is 13.0 Å². The number of rotatable bonds is 4. The maximum Gasteiger partial charge on any atom is 0.407 e. The lowest BCUT2D eigenvalue weighted by atomic mass is 9.93. The van der Waals surface area contributed by atoms with Crippen molar-refractivity contribution < 1.29 is 19.4 Å². The van der Waals surface area contributed by atoms with E-state index in [-0.39, 0.29) is 6.61 Å². The van der Waals surface area contributed by atoms with Crippen molar-refractivity contribution in [1.82, 2.24) is 10.6 Å². The first-order valence-electron chi connectivity index (χ1n) is 5.13. The van der Waals surface area contributed by atoms with E-state index in [1.165, 1.54) is 6.08 Å². The van der Waals surface area contributed by atoms with E-state index in [2.05, 4.69) is 17.2 Å². The Morgan fingerprint density at radius 3 is 3.00 bits per heavy atom. The number of amides is 1. The molecule has 0 aliphatic carbocycles. The fourth-order valence-electron chi connectivity index (χ4n) is 1.63. The molecule has 1 aliphatic heterocycles. The van der Waals surface area contributed by atoms with Crippen molar-refractivity contribution in [3.05, 3.63) is 12.7 Å². The van der Waals surface area contributed by atoms with Gasteiger partial charge < -0.3 is 20.5 Å². The lowest BCUT2D eigenvalue weighted by Gasteiger charge is -2.29. The number of piperidine rings is 1. The summed E-state index contributed by atoms with van der Waals surface area (Å²) in [6, 6.07) is -0.427. The fourth-order valence-corrected chi connectivity index (χ4v) is 1.63. The minimum atomic E-state index is -0.893. The van der Waals surface area contributed by atoms with E-state index in [0.717, 1.165) is 0 Å². The van der Waals surface area contributed by atoms with Crippen LogP contribution in [0.5, 0.6) is 0 Å². The number of carboxylic acid groups (broad SMARTS) is 1. The lowest BCUT2D eigenvalue weighted by Crippen LogP contribution is -2.53. The summed E-state index contributed by atoms with van der Waals surface area (Å²) in [6.45, 7) is 4.62. The van der Waals surface area contributed by atoms with Gasteiger partial charge in [-0.2, -0.15) is 0 Å². The van der Waals surface area contributed by atoms with Crippen molar-refractivity contribution in [3.8, 4) is 0 Å². The van der Waals surface area contributed by atoms with Crippen LogP contribution in [0.4, 0.5) is 4.79 Å². The largest absolute Gasteiger partial charge is 0.481 e. The van der Waals surface area contributed by atoms with E-state index in [0.29, 0.717) is 19.5 Å². The van der Waals surface area contributed by atoms with Gasteiger partial charge in [0.2, 0.25) is 0 Å². The number of hydrogen-bond acceptors (Lipinski definition) is 4. The fraction of sp³-hybridized carbons (Fsp3) is 0.600. The molecule has 6 nitrogen and oxygen atoms in total. The average Bonchev–Trinajstić information content (AvgIpc) is 2.27. The van der Waals surface area contributed by atoms with Crippen molar-refractivity contribution in [1.29, 1.82) is 0 Å². The molecule has 6 heteroatoms. The van der Waals surface area contributed by atoms with E-state index in [4.69, 9.17) is 9.84 Å². The summed E-state index contributed by atoms with van der Waals surface area (Å²) in [6.07, 6.45) is 1.34. The average molecular weight is 228 g/mol. The lowest BCUT2D eigenvalue weighted by molar-refractivity contribution is -0.143. The molecule has 2 unspecified atom stereocenters. The van der Waals surface area contributed by atoms with E-state index >= 15 is 0 Å². The SMILES string of the molecule is C=CCOC(=O)NC1CNCCC1C(=O)O. The maximum atomic E-state index is 11.2. The van der Waals surface area contributed by atoms with Crippen molar-refractivity contribution in [2.24, 2.45) is 5.92 Å². The Balaban J connectivity index is 2.46. The zero-order chi connectivity index (χ0) is 12.0. The molecule has 1 saturated heterocycles. The van der Waals surface area contributed by atoms with Gasteiger partial charge in [-0.1, -0.05) is 12.7 Å². The Morgan fingerprint density at radius 1 is 1.62 bits per heavy atom.